The molecule has 0 saturated heterocycles. The van der Waals surface area contributed by atoms with Gasteiger partial charge in [-0.1, -0.05) is 0 Å². The van der Waals surface area contributed by atoms with Gasteiger partial charge in [0.25, 0.3) is 11.6 Å². The number of carbonyl (C=O) groups is 2. The van der Waals surface area contributed by atoms with Gasteiger partial charge in [0, 0.05) is 28.9 Å². The van der Waals surface area contributed by atoms with Crippen LogP contribution in [0.15, 0.2) is 72.8 Å². The maximum Gasteiger partial charge on any atom is 0.269 e. The van der Waals surface area contributed by atoms with Crippen molar-refractivity contribution < 1.29 is 24.0 Å². The fourth-order valence-corrected chi connectivity index (χ4v) is 2.80. The third-order valence-corrected chi connectivity index (χ3v) is 4.51. The molecule has 0 aliphatic carbocycles. The van der Waals surface area contributed by atoms with Crippen molar-refractivity contribution in [2.24, 2.45) is 0 Å². The summed E-state index contributed by atoms with van der Waals surface area (Å²) in [6.07, 6.45) is -0.700. The van der Waals surface area contributed by atoms with E-state index in [1.54, 1.807) is 62.6 Å². The Hall–Kier alpha value is -4.20. The maximum absolute atomic E-state index is 12.5. The molecule has 0 fully saturated rings. The summed E-state index contributed by atoms with van der Waals surface area (Å²) in [5.41, 5.74) is 1.24. The minimum Gasteiger partial charge on any atom is -0.497 e. The standard InChI is InChI=1S/C23H20N2O6/c1-15(22(26)16-5-11-20(30-2)12-6-16)31-21-13-7-18(8-14-21)24-23(27)17-3-9-19(10-4-17)25(28)29/h3-15H,1-2H3,(H,24,27). The second-order valence-electron chi connectivity index (χ2n) is 6.64. The zero-order chi connectivity index (χ0) is 22.4. The summed E-state index contributed by atoms with van der Waals surface area (Å²) < 4.78 is 10.8. The zero-order valence-corrected chi connectivity index (χ0v) is 16.9. The van der Waals surface area contributed by atoms with Gasteiger partial charge in [0.05, 0.1) is 12.0 Å². The molecule has 0 aliphatic heterocycles. The molecule has 0 aliphatic rings. The number of hydrogen-bond donors (Lipinski definition) is 1. The first-order valence-electron chi connectivity index (χ1n) is 9.38. The molecule has 3 aromatic carbocycles. The molecule has 3 rings (SSSR count). The lowest BCUT2D eigenvalue weighted by Gasteiger charge is -2.14. The topological polar surface area (TPSA) is 108 Å². The number of non-ortho nitro benzene ring substituents is 1. The average Bonchev–Trinajstić information content (AvgIpc) is 2.80. The van der Waals surface area contributed by atoms with Crippen LogP contribution in [0.4, 0.5) is 11.4 Å². The minimum atomic E-state index is -0.700. The molecular weight excluding hydrogens is 400 g/mol. The van der Waals surface area contributed by atoms with Crippen LogP contribution in [0.3, 0.4) is 0 Å². The first-order valence-corrected chi connectivity index (χ1v) is 9.38. The van der Waals surface area contributed by atoms with E-state index in [4.69, 9.17) is 9.47 Å². The molecule has 0 radical (unpaired) electrons. The van der Waals surface area contributed by atoms with E-state index in [-0.39, 0.29) is 11.5 Å². The molecule has 0 saturated carbocycles. The Morgan fingerprint density at radius 2 is 1.42 bits per heavy atom. The number of carbonyl (C=O) groups excluding carboxylic acids is 2. The van der Waals surface area contributed by atoms with Gasteiger partial charge in [-0.05, 0) is 67.6 Å². The van der Waals surface area contributed by atoms with Gasteiger partial charge in [-0.15, -0.1) is 0 Å². The van der Waals surface area contributed by atoms with Gasteiger partial charge in [-0.3, -0.25) is 19.7 Å². The van der Waals surface area contributed by atoms with Crippen LogP contribution < -0.4 is 14.8 Å². The summed E-state index contributed by atoms with van der Waals surface area (Å²) in [5.74, 6) is 0.573. The van der Waals surface area contributed by atoms with Crippen molar-refractivity contribution in [3.8, 4) is 11.5 Å². The Bertz CT molecular complexity index is 1080. The van der Waals surface area contributed by atoms with E-state index in [9.17, 15) is 19.7 Å². The van der Waals surface area contributed by atoms with E-state index in [0.717, 1.165) is 0 Å². The molecule has 0 aromatic heterocycles. The van der Waals surface area contributed by atoms with Gasteiger partial charge in [0.2, 0.25) is 5.78 Å². The van der Waals surface area contributed by atoms with Crippen LogP contribution in [0, 0.1) is 10.1 Å². The molecule has 1 unspecified atom stereocenters. The molecule has 8 nitrogen and oxygen atoms in total. The SMILES string of the molecule is COc1ccc(C(=O)C(C)Oc2ccc(NC(=O)c3ccc([N+](=O)[O-])cc3)cc2)cc1. The van der Waals surface area contributed by atoms with Crippen molar-refractivity contribution in [1.82, 2.24) is 0 Å². The van der Waals surface area contributed by atoms with Gasteiger partial charge in [0.15, 0.2) is 6.10 Å². The summed E-state index contributed by atoms with van der Waals surface area (Å²) in [6, 6.07) is 18.7. The Morgan fingerprint density at radius 3 is 1.97 bits per heavy atom. The Labute approximate surface area is 178 Å². The van der Waals surface area contributed by atoms with E-state index >= 15 is 0 Å². The fourth-order valence-electron chi connectivity index (χ4n) is 2.80. The van der Waals surface area contributed by atoms with Gasteiger partial charge < -0.3 is 14.8 Å². The highest BCUT2D eigenvalue weighted by molar-refractivity contribution is 6.04. The monoisotopic (exact) mass is 420 g/mol. The van der Waals surface area contributed by atoms with E-state index in [1.807, 2.05) is 0 Å². The smallest absolute Gasteiger partial charge is 0.269 e. The number of benzene rings is 3. The number of nitro groups is 1. The Morgan fingerprint density at radius 1 is 0.871 bits per heavy atom. The molecular formula is C23H20N2O6. The van der Waals surface area contributed by atoms with Crippen LogP contribution in [0.1, 0.15) is 27.6 Å². The summed E-state index contributed by atoms with van der Waals surface area (Å²) in [7, 11) is 1.56. The number of rotatable bonds is 8. The number of ether oxygens (including phenoxy) is 2. The second kappa shape index (κ2) is 9.53. The predicted octanol–water partition coefficient (Wildman–Crippen LogP) is 4.51. The van der Waals surface area contributed by atoms with Crippen molar-refractivity contribution in [3.05, 3.63) is 94.0 Å². The molecule has 158 valence electrons. The Kier molecular flexibility index (Phi) is 6.61. The Balaban J connectivity index is 1.59. The average molecular weight is 420 g/mol. The zero-order valence-electron chi connectivity index (χ0n) is 16.9. The van der Waals surface area contributed by atoms with Crippen molar-refractivity contribution in [2.45, 2.75) is 13.0 Å². The van der Waals surface area contributed by atoms with Crippen LogP contribution in [0.5, 0.6) is 11.5 Å². The first kappa shape index (κ1) is 21.5. The molecule has 31 heavy (non-hydrogen) atoms. The van der Waals surface area contributed by atoms with E-state index < -0.39 is 16.9 Å². The molecule has 0 heterocycles. The minimum absolute atomic E-state index is 0.0867. The molecule has 0 spiro atoms. The number of Topliss-reactive ketones (excluding diaryl/α,β-unsaturated/α-hetero) is 1. The maximum atomic E-state index is 12.5. The normalized spacial score (nSPS) is 11.3. The highest BCUT2D eigenvalue weighted by Gasteiger charge is 2.17. The summed E-state index contributed by atoms with van der Waals surface area (Å²) in [5, 5.41) is 13.4. The molecule has 1 N–H and O–H groups in total. The molecule has 8 heteroatoms. The lowest BCUT2D eigenvalue weighted by molar-refractivity contribution is -0.384. The number of nitrogens with zero attached hydrogens (tertiary/aromatic N) is 1. The van der Waals surface area contributed by atoms with Crippen LogP contribution in [-0.4, -0.2) is 29.8 Å². The third kappa shape index (κ3) is 5.45. The number of ketones is 1. The van der Waals surface area contributed by atoms with Crippen molar-refractivity contribution in [2.75, 3.05) is 12.4 Å². The van der Waals surface area contributed by atoms with Crippen LogP contribution in [0.2, 0.25) is 0 Å². The van der Waals surface area contributed by atoms with Crippen molar-refractivity contribution in [3.63, 3.8) is 0 Å². The largest absolute Gasteiger partial charge is 0.497 e. The second-order valence-corrected chi connectivity index (χ2v) is 6.64. The number of methoxy groups -OCH3 is 1. The van der Waals surface area contributed by atoms with Crippen LogP contribution in [-0.2, 0) is 0 Å². The third-order valence-electron chi connectivity index (χ3n) is 4.51. The van der Waals surface area contributed by atoms with Gasteiger partial charge in [0.1, 0.15) is 11.5 Å². The quantitative estimate of drug-likeness (QED) is 0.326. The van der Waals surface area contributed by atoms with Gasteiger partial charge >= 0.3 is 0 Å². The lowest BCUT2D eigenvalue weighted by atomic mass is 10.1. The number of hydrogen-bond acceptors (Lipinski definition) is 6. The fraction of sp³-hybridized carbons (Fsp3) is 0.130. The van der Waals surface area contributed by atoms with Gasteiger partial charge in [-0.25, -0.2) is 0 Å². The molecule has 0 bridgehead atoms. The molecule has 1 atom stereocenters. The van der Waals surface area contributed by atoms with E-state index in [1.165, 1.54) is 24.3 Å². The predicted molar refractivity (Wildman–Crippen MR) is 115 cm³/mol. The van der Waals surface area contributed by atoms with Crippen molar-refractivity contribution >= 4 is 23.1 Å². The summed E-state index contributed by atoms with van der Waals surface area (Å²) in [6.45, 7) is 1.66. The van der Waals surface area contributed by atoms with Crippen molar-refractivity contribution in [1.29, 1.82) is 0 Å². The molecule has 1 amide bonds. The van der Waals surface area contributed by atoms with E-state index in [2.05, 4.69) is 5.32 Å². The van der Waals surface area contributed by atoms with E-state index in [0.29, 0.717) is 28.3 Å². The number of anilines is 1. The summed E-state index contributed by atoms with van der Waals surface area (Å²) in [4.78, 5) is 35.0. The highest BCUT2D eigenvalue weighted by Crippen LogP contribution is 2.20. The number of nitro benzene ring substituents is 1. The molecule has 3 aromatic rings. The highest BCUT2D eigenvalue weighted by atomic mass is 16.6. The number of nitrogens with one attached hydrogen (secondary N) is 1. The number of amides is 1. The van der Waals surface area contributed by atoms with Crippen LogP contribution >= 0.6 is 0 Å². The lowest BCUT2D eigenvalue weighted by Crippen LogP contribution is -2.23. The first-order chi connectivity index (χ1) is 14.9. The summed E-state index contributed by atoms with van der Waals surface area (Å²) >= 11 is 0. The van der Waals surface area contributed by atoms with Gasteiger partial charge in [-0.2, -0.15) is 0 Å². The van der Waals surface area contributed by atoms with Crippen LogP contribution in [0.25, 0.3) is 0 Å².